The third kappa shape index (κ3) is 48.8. The molecule has 0 aliphatic rings. The number of rotatable bonds is 49. The first-order valence-electron chi connectivity index (χ1n) is 26.8. The van der Waals surface area contributed by atoms with Crippen LogP contribution in [0.1, 0.15) is 290 Å². The van der Waals surface area contributed by atoms with Crippen LogP contribution in [0.25, 0.3) is 0 Å². The molecule has 0 aliphatic carbocycles. The minimum atomic E-state index is -0.770. The Hall–Kier alpha value is -2.11. The summed E-state index contributed by atoms with van der Waals surface area (Å²) in [7, 11) is 0. The average Bonchev–Trinajstić information content (AvgIpc) is 3.26. The van der Waals surface area contributed by atoms with E-state index in [2.05, 4.69) is 45.1 Å². The lowest BCUT2D eigenvalue weighted by atomic mass is 10.0. The summed E-state index contributed by atoms with van der Waals surface area (Å²) in [5.74, 6) is -0.865. The third-order valence-electron chi connectivity index (χ3n) is 11.9. The highest BCUT2D eigenvalue weighted by Gasteiger charge is 2.19. The van der Waals surface area contributed by atoms with Gasteiger partial charge in [-0.2, -0.15) is 0 Å². The maximum absolute atomic E-state index is 12.8. The Bertz CT molecular complexity index is 989. The number of carbonyl (C=O) groups excluding carboxylic acids is 3. The monoisotopic (exact) mass is 859 g/mol. The summed E-state index contributed by atoms with van der Waals surface area (Å²) < 4.78 is 16.8. The van der Waals surface area contributed by atoms with Crippen molar-refractivity contribution >= 4 is 17.9 Å². The summed E-state index contributed by atoms with van der Waals surface area (Å²) in [6, 6.07) is 0. The molecule has 0 aromatic carbocycles. The van der Waals surface area contributed by atoms with Gasteiger partial charge in [-0.25, -0.2) is 0 Å². The number of carbonyl (C=O) groups is 3. The number of unbranched alkanes of at least 4 members (excludes halogenated alkanes) is 34. The Balaban J connectivity index is 4.35. The minimum absolute atomic E-state index is 0.0703. The Morgan fingerprint density at radius 3 is 0.836 bits per heavy atom. The first-order valence-corrected chi connectivity index (χ1v) is 26.8. The van der Waals surface area contributed by atoms with E-state index in [1.54, 1.807) is 0 Å². The Morgan fingerprint density at radius 1 is 0.311 bits per heavy atom. The molecule has 0 amide bonds. The molecule has 0 radical (unpaired) electrons. The van der Waals surface area contributed by atoms with Gasteiger partial charge in [-0.1, -0.05) is 225 Å². The van der Waals surface area contributed by atoms with Crippen LogP contribution in [0, 0.1) is 0 Å². The van der Waals surface area contributed by atoms with E-state index >= 15 is 0 Å². The van der Waals surface area contributed by atoms with Gasteiger partial charge in [-0.3, -0.25) is 14.4 Å². The number of ether oxygens (including phenoxy) is 3. The summed E-state index contributed by atoms with van der Waals surface area (Å²) in [5, 5.41) is 0. The summed E-state index contributed by atoms with van der Waals surface area (Å²) in [6.07, 6.45) is 57.2. The van der Waals surface area contributed by atoms with Gasteiger partial charge in [0.15, 0.2) is 6.10 Å². The van der Waals surface area contributed by atoms with E-state index in [0.717, 1.165) is 57.8 Å². The Labute approximate surface area is 379 Å². The predicted octanol–water partition coefficient (Wildman–Crippen LogP) is 17.5. The van der Waals surface area contributed by atoms with E-state index in [0.29, 0.717) is 19.3 Å². The van der Waals surface area contributed by atoms with Crippen LogP contribution in [0.2, 0.25) is 0 Å². The van der Waals surface area contributed by atoms with Crippen molar-refractivity contribution in [2.45, 2.75) is 297 Å². The van der Waals surface area contributed by atoms with Crippen molar-refractivity contribution < 1.29 is 28.6 Å². The van der Waals surface area contributed by atoms with Gasteiger partial charge in [0.2, 0.25) is 0 Å². The molecule has 358 valence electrons. The van der Waals surface area contributed by atoms with Crippen LogP contribution >= 0.6 is 0 Å². The molecule has 0 fully saturated rings. The molecular formula is C55H102O6. The fourth-order valence-corrected chi connectivity index (χ4v) is 7.84. The van der Waals surface area contributed by atoms with Gasteiger partial charge in [0, 0.05) is 19.3 Å². The molecular weight excluding hydrogens is 757 g/mol. The zero-order valence-corrected chi connectivity index (χ0v) is 40.9. The van der Waals surface area contributed by atoms with Crippen LogP contribution in [-0.2, 0) is 28.6 Å². The van der Waals surface area contributed by atoms with Crippen molar-refractivity contribution in [2.24, 2.45) is 0 Å². The SMILES string of the molecule is CCCCCC/C=C\CCCCCCCCCC(=O)OC[C@H](COC(=O)CCCCCCCCCCCCCCC)OC(=O)CCCCCCCCC/C=C\CCCCCC. The Morgan fingerprint density at radius 2 is 0.541 bits per heavy atom. The van der Waals surface area contributed by atoms with E-state index in [9.17, 15) is 14.4 Å². The van der Waals surface area contributed by atoms with Gasteiger partial charge in [-0.15, -0.1) is 0 Å². The predicted molar refractivity (Wildman–Crippen MR) is 261 cm³/mol. The standard InChI is InChI=1S/C55H102O6/c1-4-7-10-13-16-19-22-25-27-30-33-36-39-42-45-48-54(57)60-51-52(50-59-53(56)47-44-41-38-35-32-29-24-21-18-15-12-9-6-3)61-55(58)49-46-43-40-37-34-31-28-26-23-20-17-14-11-8-5-2/h19-20,22-23,52H,4-18,21,24-51H2,1-3H3/b22-19-,23-20-/t52-/m0/s1. The van der Waals surface area contributed by atoms with Crippen molar-refractivity contribution in [3.8, 4) is 0 Å². The van der Waals surface area contributed by atoms with Gasteiger partial charge >= 0.3 is 17.9 Å². The van der Waals surface area contributed by atoms with E-state index < -0.39 is 6.10 Å². The summed E-state index contributed by atoms with van der Waals surface area (Å²) >= 11 is 0. The van der Waals surface area contributed by atoms with Crippen LogP contribution in [-0.4, -0.2) is 37.2 Å². The van der Waals surface area contributed by atoms with Crippen molar-refractivity contribution in [1.29, 1.82) is 0 Å². The number of hydrogen-bond acceptors (Lipinski definition) is 6. The second kappa shape index (κ2) is 50.5. The number of hydrogen-bond donors (Lipinski definition) is 0. The lowest BCUT2D eigenvalue weighted by Gasteiger charge is -2.18. The lowest BCUT2D eigenvalue weighted by Crippen LogP contribution is -2.30. The summed E-state index contributed by atoms with van der Waals surface area (Å²) in [4.78, 5) is 38.0. The van der Waals surface area contributed by atoms with Crippen LogP contribution in [0.5, 0.6) is 0 Å². The van der Waals surface area contributed by atoms with Crippen molar-refractivity contribution in [2.75, 3.05) is 13.2 Å². The maximum atomic E-state index is 12.8. The Kier molecular flexibility index (Phi) is 48.8. The van der Waals surface area contributed by atoms with Gasteiger partial charge in [0.25, 0.3) is 0 Å². The highest BCUT2D eigenvalue weighted by molar-refractivity contribution is 5.71. The molecule has 6 nitrogen and oxygen atoms in total. The molecule has 0 aromatic heterocycles. The summed E-state index contributed by atoms with van der Waals surface area (Å²) in [6.45, 7) is 6.64. The third-order valence-corrected chi connectivity index (χ3v) is 11.9. The topological polar surface area (TPSA) is 78.9 Å². The lowest BCUT2D eigenvalue weighted by molar-refractivity contribution is -0.167. The first-order chi connectivity index (χ1) is 30.0. The summed E-state index contributed by atoms with van der Waals surface area (Å²) in [5.41, 5.74) is 0. The van der Waals surface area contributed by atoms with Crippen LogP contribution < -0.4 is 0 Å². The largest absolute Gasteiger partial charge is 0.462 e. The zero-order valence-electron chi connectivity index (χ0n) is 40.9. The zero-order chi connectivity index (χ0) is 44.4. The molecule has 0 unspecified atom stereocenters. The van der Waals surface area contributed by atoms with E-state index in [4.69, 9.17) is 14.2 Å². The van der Waals surface area contributed by atoms with E-state index in [1.807, 2.05) is 0 Å². The minimum Gasteiger partial charge on any atom is -0.462 e. The molecule has 6 heteroatoms. The second-order valence-electron chi connectivity index (χ2n) is 18.1. The van der Waals surface area contributed by atoms with E-state index in [1.165, 1.54) is 193 Å². The molecule has 0 N–H and O–H groups in total. The van der Waals surface area contributed by atoms with Crippen molar-refractivity contribution in [3.05, 3.63) is 24.3 Å². The second-order valence-corrected chi connectivity index (χ2v) is 18.1. The van der Waals surface area contributed by atoms with Gasteiger partial charge in [0.1, 0.15) is 13.2 Å². The maximum Gasteiger partial charge on any atom is 0.306 e. The normalized spacial score (nSPS) is 12.1. The van der Waals surface area contributed by atoms with Gasteiger partial charge in [0.05, 0.1) is 0 Å². The van der Waals surface area contributed by atoms with Crippen molar-refractivity contribution in [1.82, 2.24) is 0 Å². The smallest absolute Gasteiger partial charge is 0.306 e. The van der Waals surface area contributed by atoms with Crippen LogP contribution in [0.15, 0.2) is 24.3 Å². The molecule has 0 bridgehead atoms. The van der Waals surface area contributed by atoms with Gasteiger partial charge < -0.3 is 14.2 Å². The highest BCUT2D eigenvalue weighted by atomic mass is 16.6. The molecule has 0 rings (SSSR count). The molecule has 1 atom stereocenters. The first kappa shape index (κ1) is 58.9. The van der Waals surface area contributed by atoms with Crippen LogP contribution in [0.4, 0.5) is 0 Å². The fourth-order valence-electron chi connectivity index (χ4n) is 7.84. The fraction of sp³-hybridized carbons (Fsp3) is 0.873. The molecule has 61 heavy (non-hydrogen) atoms. The number of allylic oxidation sites excluding steroid dienone is 4. The molecule has 0 saturated carbocycles. The molecule has 0 heterocycles. The molecule has 0 aromatic rings. The molecule has 0 aliphatic heterocycles. The highest BCUT2D eigenvalue weighted by Crippen LogP contribution is 2.16. The molecule has 0 saturated heterocycles. The quantitative estimate of drug-likeness (QED) is 0.0262. The average molecular weight is 859 g/mol. The van der Waals surface area contributed by atoms with Crippen LogP contribution in [0.3, 0.4) is 0 Å². The van der Waals surface area contributed by atoms with E-state index in [-0.39, 0.29) is 31.1 Å². The van der Waals surface area contributed by atoms with Crippen molar-refractivity contribution in [3.63, 3.8) is 0 Å². The number of esters is 3. The molecule has 0 spiro atoms. The van der Waals surface area contributed by atoms with Gasteiger partial charge in [-0.05, 0) is 70.6 Å².